The number of anilines is 1. The van der Waals surface area contributed by atoms with Crippen molar-refractivity contribution in [3.63, 3.8) is 0 Å². The number of thiazole rings is 1. The van der Waals surface area contributed by atoms with E-state index in [1.807, 2.05) is 42.5 Å². The summed E-state index contributed by atoms with van der Waals surface area (Å²) in [7, 11) is 5.75. The van der Waals surface area contributed by atoms with Crippen LogP contribution in [0.25, 0.3) is 10.2 Å². The molecule has 7 nitrogen and oxygen atoms in total. The highest BCUT2D eigenvalue weighted by atomic mass is 32.1. The van der Waals surface area contributed by atoms with Crippen LogP contribution in [-0.2, 0) is 4.79 Å². The topological polar surface area (TPSA) is 65.3 Å². The molecule has 1 amide bonds. The summed E-state index contributed by atoms with van der Waals surface area (Å²) < 4.78 is 18.0. The molecule has 1 aliphatic rings. The zero-order chi connectivity index (χ0) is 20.4. The van der Waals surface area contributed by atoms with E-state index in [1.54, 1.807) is 12.0 Å². The molecule has 0 spiro atoms. The summed E-state index contributed by atoms with van der Waals surface area (Å²) in [4.78, 5) is 21.0. The van der Waals surface area contributed by atoms with Crippen LogP contribution >= 0.6 is 11.3 Å². The molecule has 1 aliphatic heterocycles. The number of likely N-dealkylation sites (N-methyl/N-ethyl adjacent to an activating group) is 1. The smallest absolute Gasteiger partial charge is 0.273 e. The molecule has 0 bridgehead atoms. The van der Waals surface area contributed by atoms with E-state index < -0.39 is 6.10 Å². The Kier molecular flexibility index (Phi) is 5.55. The molecule has 2 aromatic carbocycles. The Bertz CT molecular complexity index is 1020. The van der Waals surface area contributed by atoms with Crippen LogP contribution < -0.4 is 24.0 Å². The largest absolute Gasteiger partial charge is 0.497 e. The predicted molar refractivity (Wildman–Crippen MR) is 113 cm³/mol. The molecule has 152 valence electrons. The van der Waals surface area contributed by atoms with Crippen molar-refractivity contribution >= 4 is 32.6 Å². The van der Waals surface area contributed by atoms with Gasteiger partial charge in [0.2, 0.25) is 6.10 Å². The molecule has 3 aromatic rings. The maximum atomic E-state index is 13.4. The summed E-state index contributed by atoms with van der Waals surface area (Å²) in [6, 6.07) is 13.1. The number of aromatic nitrogens is 1. The molecule has 4 rings (SSSR count). The van der Waals surface area contributed by atoms with Gasteiger partial charge in [-0.05, 0) is 30.3 Å². The van der Waals surface area contributed by atoms with E-state index in [0.717, 1.165) is 22.5 Å². The minimum atomic E-state index is -0.705. The van der Waals surface area contributed by atoms with Crippen LogP contribution in [0.5, 0.6) is 17.2 Å². The summed E-state index contributed by atoms with van der Waals surface area (Å²) in [6.07, 6.45) is -0.705. The second-order valence-electron chi connectivity index (χ2n) is 7.14. The van der Waals surface area contributed by atoms with E-state index in [4.69, 9.17) is 14.2 Å². The first kappa shape index (κ1) is 19.5. The van der Waals surface area contributed by atoms with E-state index in [0.29, 0.717) is 23.2 Å². The minimum absolute atomic E-state index is 0.147. The van der Waals surface area contributed by atoms with Crippen LogP contribution in [0.15, 0.2) is 42.5 Å². The number of methoxy groups -OCH3 is 1. The molecule has 0 saturated carbocycles. The SMILES string of the molecule is COc1ccc2nc(N(CC[NH+](C)C)C(=O)[C@H]3COc4ccccc4O3)sc2c1. The van der Waals surface area contributed by atoms with Crippen LogP contribution in [0, 0.1) is 0 Å². The summed E-state index contributed by atoms with van der Waals surface area (Å²) in [5.41, 5.74) is 0.840. The number of para-hydroxylation sites is 2. The third kappa shape index (κ3) is 4.13. The number of quaternary nitrogens is 1. The number of benzene rings is 2. The molecule has 1 N–H and O–H groups in total. The van der Waals surface area contributed by atoms with E-state index >= 15 is 0 Å². The number of hydrogen-bond donors (Lipinski definition) is 1. The maximum absolute atomic E-state index is 13.4. The van der Waals surface area contributed by atoms with Crippen LogP contribution in [0.1, 0.15) is 0 Å². The highest BCUT2D eigenvalue weighted by Gasteiger charge is 2.33. The lowest BCUT2D eigenvalue weighted by atomic mass is 10.2. The first-order chi connectivity index (χ1) is 14.0. The number of fused-ring (bicyclic) bond motifs is 2. The first-order valence-corrected chi connectivity index (χ1v) is 10.3. The van der Waals surface area contributed by atoms with Crippen molar-refractivity contribution in [2.75, 3.05) is 45.8 Å². The lowest BCUT2D eigenvalue weighted by molar-refractivity contribution is -0.856. The molecular formula is C21H24N3O4S+. The highest BCUT2D eigenvalue weighted by molar-refractivity contribution is 7.22. The van der Waals surface area contributed by atoms with Crippen molar-refractivity contribution < 1.29 is 23.9 Å². The molecule has 1 atom stereocenters. The first-order valence-electron chi connectivity index (χ1n) is 9.48. The van der Waals surface area contributed by atoms with Crippen molar-refractivity contribution in [3.05, 3.63) is 42.5 Å². The van der Waals surface area contributed by atoms with Crippen LogP contribution in [0.2, 0.25) is 0 Å². The zero-order valence-corrected chi connectivity index (χ0v) is 17.5. The summed E-state index contributed by atoms with van der Waals surface area (Å²) >= 11 is 1.47. The van der Waals surface area contributed by atoms with Gasteiger partial charge in [-0.1, -0.05) is 23.5 Å². The van der Waals surface area contributed by atoms with Gasteiger partial charge in [0.25, 0.3) is 5.91 Å². The Labute approximate surface area is 173 Å². The second kappa shape index (κ2) is 8.26. The summed E-state index contributed by atoms with van der Waals surface area (Å²) in [5, 5.41) is 0.655. The average molecular weight is 415 g/mol. The number of ether oxygens (including phenoxy) is 3. The summed E-state index contributed by atoms with van der Waals surface area (Å²) in [5.74, 6) is 1.87. The standard InChI is InChI=1S/C21H23N3O4S/c1-23(2)10-11-24(21-22-15-9-8-14(26-3)12-19(15)29-21)20(25)18-13-27-16-6-4-5-7-17(16)28-18/h4-9,12,18H,10-11,13H2,1-3H3/p+1/t18-/m1/s1. The predicted octanol–water partition coefficient (Wildman–Crippen LogP) is 1.62. The molecule has 29 heavy (non-hydrogen) atoms. The van der Waals surface area contributed by atoms with Crippen molar-refractivity contribution in [1.82, 2.24) is 4.98 Å². The van der Waals surface area contributed by atoms with Crippen LogP contribution in [0.3, 0.4) is 0 Å². The van der Waals surface area contributed by atoms with Gasteiger partial charge in [-0.2, -0.15) is 0 Å². The molecule has 0 radical (unpaired) electrons. The monoisotopic (exact) mass is 414 g/mol. The van der Waals surface area contributed by atoms with Gasteiger partial charge in [0, 0.05) is 0 Å². The van der Waals surface area contributed by atoms with Crippen molar-refractivity contribution in [2.45, 2.75) is 6.10 Å². The van der Waals surface area contributed by atoms with Gasteiger partial charge < -0.3 is 19.1 Å². The van der Waals surface area contributed by atoms with Crippen molar-refractivity contribution in [2.24, 2.45) is 0 Å². The molecule has 1 aromatic heterocycles. The van der Waals surface area contributed by atoms with Gasteiger partial charge in [0.1, 0.15) is 12.4 Å². The summed E-state index contributed by atoms with van der Waals surface area (Å²) in [6.45, 7) is 1.51. The number of amides is 1. The molecule has 2 heterocycles. The highest BCUT2D eigenvalue weighted by Crippen LogP contribution is 2.34. The Balaban J connectivity index is 1.62. The van der Waals surface area contributed by atoms with Gasteiger partial charge in [0.05, 0.1) is 44.5 Å². The number of rotatable bonds is 6. The quantitative estimate of drug-likeness (QED) is 0.664. The van der Waals surface area contributed by atoms with Crippen LogP contribution in [0.4, 0.5) is 5.13 Å². The van der Waals surface area contributed by atoms with Gasteiger partial charge in [-0.3, -0.25) is 9.69 Å². The Morgan fingerprint density at radius 1 is 1.28 bits per heavy atom. The molecule has 8 heteroatoms. The molecule has 0 unspecified atom stereocenters. The van der Waals surface area contributed by atoms with Crippen molar-refractivity contribution in [1.29, 1.82) is 0 Å². The van der Waals surface area contributed by atoms with Crippen LogP contribution in [-0.4, -0.2) is 57.9 Å². The normalized spacial score (nSPS) is 15.5. The fourth-order valence-electron chi connectivity index (χ4n) is 3.09. The average Bonchev–Trinajstić information content (AvgIpc) is 3.15. The van der Waals surface area contributed by atoms with Gasteiger partial charge in [-0.25, -0.2) is 4.98 Å². The number of carbonyl (C=O) groups excluding carboxylic acids is 1. The number of nitrogens with one attached hydrogen (secondary N) is 1. The van der Waals surface area contributed by atoms with E-state index in [-0.39, 0.29) is 12.5 Å². The van der Waals surface area contributed by atoms with Crippen molar-refractivity contribution in [3.8, 4) is 17.2 Å². The lowest BCUT2D eigenvalue weighted by Crippen LogP contribution is -3.06. The van der Waals surface area contributed by atoms with E-state index in [2.05, 4.69) is 19.1 Å². The van der Waals surface area contributed by atoms with Gasteiger partial charge in [-0.15, -0.1) is 0 Å². The van der Waals surface area contributed by atoms with E-state index in [1.165, 1.54) is 16.2 Å². The Morgan fingerprint density at radius 2 is 2.07 bits per heavy atom. The molecule has 0 aliphatic carbocycles. The number of nitrogens with zero attached hydrogens (tertiary/aromatic N) is 2. The second-order valence-corrected chi connectivity index (χ2v) is 8.15. The Morgan fingerprint density at radius 3 is 2.83 bits per heavy atom. The minimum Gasteiger partial charge on any atom is -0.497 e. The fraction of sp³-hybridized carbons (Fsp3) is 0.333. The lowest BCUT2D eigenvalue weighted by Gasteiger charge is -2.29. The van der Waals surface area contributed by atoms with Gasteiger partial charge in [0.15, 0.2) is 16.6 Å². The third-order valence-electron chi connectivity index (χ3n) is 4.70. The number of hydrogen-bond acceptors (Lipinski definition) is 6. The molecule has 0 saturated heterocycles. The van der Waals surface area contributed by atoms with Gasteiger partial charge >= 0.3 is 0 Å². The molecule has 0 fully saturated rings. The Hall–Kier alpha value is -2.84. The fourth-order valence-corrected chi connectivity index (χ4v) is 4.11. The zero-order valence-electron chi connectivity index (χ0n) is 16.7. The number of carbonyl (C=O) groups is 1. The molecular weight excluding hydrogens is 390 g/mol. The maximum Gasteiger partial charge on any atom is 0.273 e. The third-order valence-corrected chi connectivity index (χ3v) is 5.74. The van der Waals surface area contributed by atoms with E-state index in [9.17, 15) is 4.79 Å².